The predicted molar refractivity (Wildman–Crippen MR) is 69.9 cm³/mol. The number of rotatable bonds is 5. The second-order valence-corrected chi connectivity index (χ2v) is 4.38. The molecule has 19 heavy (non-hydrogen) atoms. The van der Waals surface area contributed by atoms with Crippen molar-refractivity contribution < 1.29 is 14.3 Å². The molecule has 0 bridgehead atoms. The monoisotopic (exact) mass is 260 g/mol. The second-order valence-electron chi connectivity index (χ2n) is 4.38. The lowest BCUT2D eigenvalue weighted by molar-refractivity contribution is 0.0695. The average Bonchev–Trinajstić information content (AvgIpc) is 2.78. The zero-order chi connectivity index (χ0) is 13.8. The van der Waals surface area contributed by atoms with Crippen LogP contribution in [0, 0.1) is 6.92 Å². The number of aromatic carboxylic acids is 1. The maximum absolute atomic E-state index is 10.9. The first kappa shape index (κ1) is 13.3. The Morgan fingerprint density at radius 3 is 2.95 bits per heavy atom. The third-order valence-electron chi connectivity index (χ3n) is 2.97. The Balaban J connectivity index is 1.99. The van der Waals surface area contributed by atoms with Crippen LogP contribution in [-0.2, 0) is 6.54 Å². The molecule has 2 heterocycles. The van der Waals surface area contributed by atoms with Crippen LogP contribution in [0.2, 0.25) is 0 Å². The van der Waals surface area contributed by atoms with E-state index in [2.05, 4.69) is 10.3 Å². The van der Waals surface area contributed by atoms with Crippen molar-refractivity contribution in [2.75, 3.05) is 0 Å². The molecule has 5 nitrogen and oxygen atoms in total. The van der Waals surface area contributed by atoms with Crippen LogP contribution in [0.1, 0.15) is 40.4 Å². The van der Waals surface area contributed by atoms with E-state index in [9.17, 15) is 4.79 Å². The van der Waals surface area contributed by atoms with Crippen molar-refractivity contribution in [3.05, 3.63) is 53.2 Å². The first-order valence-electron chi connectivity index (χ1n) is 6.04. The summed E-state index contributed by atoms with van der Waals surface area (Å²) in [5.74, 6) is 0.0804. The summed E-state index contributed by atoms with van der Waals surface area (Å²) < 4.78 is 5.40. The Bertz CT molecular complexity index is 563. The molecule has 100 valence electrons. The van der Waals surface area contributed by atoms with Crippen molar-refractivity contribution in [3.63, 3.8) is 0 Å². The number of hydrogen-bond donors (Lipinski definition) is 2. The van der Waals surface area contributed by atoms with Gasteiger partial charge in [0.15, 0.2) is 0 Å². The largest absolute Gasteiger partial charge is 0.478 e. The maximum Gasteiger partial charge on any atom is 0.339 e. The highest BCUT2D eigenvalue weighted by Gasteiger charge is 2.14. The lowest BCUT2D eigenvalue weighted by Crippen LogP contribution is -2.17. The fraction of sp³-hybridized carbons (Fsp3) is 0.286. The maximum atomic E-state index is 10.9. The first-order valence-corrected chi connectivity index (χ1v) is 6.04. The van der Waals surface area contributed by atoms with Crippen LogP contribution >= 0.6 is 0 Å². The van der Waals surface area contributed by atoms with Gasteiger partial charge in [0, 0.05) is 18.4 Å². The molecule has 0 saturated heterocycles. The molecule has 0 aromatic carbocycles. The number of carboxylic acids is 1. The van der Waals surface area contributed by atoms with Crippen molar-refractivity contribution in [1.29, 1.82) is 0 Å². The number of furan rings is 1. The lowest BCUT2D eigenvalue weighted by atomic mass is 10.1. The zero-order valence-corrected chi connectivity index (χ0v) is 10.9. The molecule has 2 N–H and O–H groups in total. The van der Waals surface area contributed by atoms with Crippen LogP contribution in [0.4, 0.5) is 0 Å². The molecule has 0 amide bonds. The third-order valence-corrected chi connectivity index (χ3v) is 2.97. The van der Waals surface area contributed by atoms with Gasteiger partial charge in [0.25, 0.3) is 0 Å². The second kappa shape index (κ2) is 5.67. The van der Waals surface area contributed by atoms with Crippen molar-refractivity contribution in [2.24, 2.45) is 0 Å². The van der Waals surface area contributed by atoms with Crippen molar-refractivity contribution in [3.8, 4) is 0 Å². The van der Waals surface area contributed by atoms with Gasteiger partial charge in [-0.25, -0.2) is 4.79 Å². The van der Waals surface area contributed by atoms with Gasteiger partial charge in [-0.2, -0.15) is 0 Å². The van der Waals surface area contributed by atoms with Crippen LogP contribution < -0.4 is 5.32 Å². The van der Waals surface area contributed by atoms with E-state index in [1.807, 2.05) is 19.1 Å². The first-order chi connectivity index (χ1) is 9.08. The molecule has 2 aromatic heterocycles. The number of hydrogen-bond acceptors (Lipinski definition) is 4. The van der Waals surface area contributed by atoms with E-state index >= 15 is 0 Å². The van der Waals surface area contributed by atoms with Crippen LogP contribution in [0.3, 0.4) is 0 Å². The summed E-state index contributed by atoms with van der Waals surface area (Å²) in [7, 11) is 0. The summed E-state index contributed by atoms with van der Waals surface area (Å²) in [5.41, 5.74) is 1.29. The number of carbonyl (C=O) groups is 1. The quantitative estimate of drug-likeness (QED) is 0.864. The minimum Gasteiger partial charge on any atom is -0.478 e. The van der Waals surface area contributed by atoms with Crippen LogP contribution in [0.25, 0.3) is 0 Å². The summed E-state index contributed by atoms with van der Waals surface area (Å²) in [6, 6.07) is 5.54. The minimum absolute atomic E-state index is 0.118. The highest BCUT2D eigenvalue weighted by Crippen LogP contribution is 2.16. The predicted octanol–water partition coefficient (Wildman–Crippen LogP) is 2.53. The molecule has 2 rings (SSSR count). The molecule has 0 spiro atoms. The van der Waals surface area contributed by atoms with Gasteiger partial charge >= 0.3 is 5.97 Å². The highest BCUT2D eigenvalue weighted by atomic mass is 16.4. The van der Waals surface area contributed by atoms with Gasteiger partial charge in [-0.15, -0.1) is 0 Å². The van der Waals surface area contributed by atoms with Gasteiger partial charge < -0.3 is 14.8 Å². The van der Waals surface area contributed by atoms with E-state index in [-0.39, 0.29) is 11.6 Å². The average molecular weight is 260 g/mol. The molecule has 0 aliphatic carbocycles. The highest BCUT2D eigenvalue weighted by molar-refractivity contribution is 5.88. The SMILES string of the molecule is Cc1oc(CN[C@@H](C)c2cccnc2)cc1C(=O)O. The molecular weight excluding hydrogens is 244 g/mol. The Morgan fingerprint density at radius 1 is 1.58 bits per heavy atom. The van der Waals surface area contributed by atoms with Crippen molar-refractivity contribution in [2.45, 2.75) is 26.4 Å². The minimum atomic E-state index is -0.965. The summed E-state index contributed by atoms with van der Waals surface area (Å²) in [6.07, 6.45) is 3.53. The molecule has 0 aliphatic rings. The van der Waals surface area contributed by atoms with E-state index < -0.39 is 5.97 Å². The Hall–Kier alpha value is -2.14. The van der Waals surface area contributed by atoms with E-state index in [0.717, 1.165) is 5.56 Å². The van der Waals surface area contributed by atoms with Gasteiger partial charge in [-0.1, -0.05) is 6.07 Å². The molecule has 0 aliphatic heterocycles. The van der Waals surface area contributed by atoms with E-state index in [1.54, 1.807) is 25.4 Å². The number of carboxylic acid groups (broad SMARTS) is 1. The van der Waals surface area contributed by atoms with E-state index in [4.69, 9.17) is 9.52 Å². The zero-order valence-electron chi connectivity index (χ0n) is 10.9. The molecule has 0 fully saturated rings. The van der Waals surface area contributed by atoms with Crippen molar-refractivity contribution >= 4 is 5.97 Å². The van der Waals surface area contributed by atoms with Gasteiger partial charge in [-0.3, -0.25) is 4.98 Å². The van der Waals surface area contributed by atoms with Gasteiger partial charge in [-0.05, 0) is 31.5 Å². The molecule has 0 radical (unpaired) electrons. The van der Waals surface area contributed by atoms with Gasteiger partial charge in [0.1, 0.15) is 17.1 Å². The molecule has 2 aromatic rings. The van der Waals surface area contributed by atoms with Gasteiger partial charge in [0.2, 0.25) is 0 Å². The number of aryl methyl sites for hydroxylation is 1. The third kappa shape index (κ3) is 3.20. The number of nitrogens with one attached hydrogen (secondary N) is 1. The normalized spacial score (nSPS) is 12.3. The summed E-state index contributed by atoms with van der Waals surface area (Å²) in [4.78, 5) is 15.0. The van der Waals surface area contributed by atoms with Crippen molar-refractivity contribution in [1.82, 2.24) is 10.3 Å². The van der Waals surface area contributed by atoms with Crippen LogP contribution in [-0.4, -0.2) is 16.1 Å². The van der Waals surface area contributed by atoms with Gasteiger partial charge in [0.05, 0.1) is 6.54 Å². The fourth-order valence-electron chi connectivity index (χ4n) is 1.85. The number of aromatic nitrogens is 1. The molecule has 0 unspecified atom stereocenters. The van der Waals surface area contributed by atoms with E-state index in [0.29, 0.717) is 18.1 Å². The van der Waals surface area contributed by atoms with E-state index in [1.165, 1.54) is 0 Å². The Kier molecular flexibility index (Phi) is 3.97. The smallest absolute Gasteiger partial charge is 0.339 e. The van der Waals surface area contributed by atoms with Crippen LogP contribution in [0.5, 0.6) is 0 Å². The molecule has 1 atom stereocenters. The summed E-state index contributed by atoms with van der Waals surface area (Å²) in [6.45, 7) is 4.15. The number of pyridine rings is 1. The Labute approximate surface area is 111 Å². The lowest BCUT2D eigenvalue weighted by Gasteiger charge is -2.12. The summed E-state index contributed by atoms with van der Waals surface area (Å²) in [5, 5.41) is 12.2. The summed E-state index contributed by atoms with van der Waals surface area (Å²) >= 11 is 0. The topological polar surface area (TPSA) is 75.4 Å². The fourth-order valence-corrected chi connectivity index (χ4v) is 1.85. The Morgan fingerprint density at radius 2 is 2.37 bits per heavy atom. The standard InChI is InChI=1S/C14H16N2O3/c1-9(11-4-3-5-15-7-11)16-8-12-6-13(14(17)18)10(2)19-12/h3-7,9,16H,8H2,1-2H3,(H,17,18)/t9-/m0/s1. The number of nitrogens with zero attached hydrogens (tertiary/aromatic N) is 1. The molecule has 0 saturated carbocycles. The van der Waals surface area contributed by atoms with Crippen LogP contribution in [0.15, 0.2) is 35.0 Å². The molecule has 5 heteroatoms. The molecular formula is C14H16N2O3.